The number of anilines is 1. The molecule has 1 aromatic carbocycles. The molecule has 1 aromatic rings. The number of benzene rings is 1. The summed E-state index contributed by atoms with van der Waals surface area (Å²) in [5, 5.41) is 2.82. The molecule has 0 aromatic heterocycles. The number of unbranched alkanes of at least 4 members (excludes halogenated alkanes) is 2. The van der Waals surface area contributed by atoms with Crippen molar-refractivity contribution in [1.29, 1.82) is 0 Å². The van der Waals surface area contributed by atoms with Crippen molar-refractivity contribution in [3.63, 3.8) is 0 Å². The van der Waals surface area contributed by atoms with Crippen molar-refractivity contribution in [3.05, 3.63) is 29.8 Å². The minimum absolute atomic E-state index is 0.000231. The standard InChI is InChI=1S/C24H34N2O3/c1-3-5-9-17-12-14-18(15-13-17)22(27)21-19-10-7-8-11-20(19)26(23(21)28)24(29)25-16-6-4-2/h7-8,10-11,17-18,21H,3-6,9,12-16H2,1-2H3,(H,25,29). The summed E-state index contributed by atoms with van der Waals surface area (Å²) in [7, 11) is 0. The quantitative estimate of drug-likeness (QED) is 0.484. The normalized spacial score (nSPS) is 23.7. The number of amides is 3. The minimum Gasteiger partial charge on any atom is -0.337 e. The third-order valence-corrected chi connectivity index (χ3v) is 6.47. The third kappa shape index (κ3) is 4.71. The van der Waals surface area contributed by atoms with E-state index >= 15 is 0 Å². The first-order valence-corrected chi connectivity index (χ1v) is 11.3. The molecule has 0 saturated heterocycles. The number of imide groups is 1. The number of para-hydroxylation sites is 1. The summed E-state index contributed by atoms with van der Waals surface area (Å²) < 4.78 is 0. The van der Waals surface area contributed by atoms with Crippen LogP contribution in [0.5, 0.6) is 0 Å². The smallest absolute Gasteiger partial charge is 0.328 e. The molecule has 1 heterocycles. The van der Waals surface area contributed by atoms with Crippen LogP contribution < -0.4 is 10.2 Å². The summed E-state index contributed by atoms with van der Waals surface area (Å²) >= 11 is 0. The van der Waals surface area contributed by atoms with E-state index in [-0.39, 0.29) is 11.7 Å². The molecule has 1 saturated carbocycles. The highest BCUT2D eigenvalue weighted by molar-refractivity contribution is 6.27. The number of fused-ring (bicyclic) bond motifs is 1. The zero-order valence-electron chi connectivity index (χ0n) is 17.8. The monoisotopic (exact) mass is 398 g/mol. The second kappa shape index (κ2) is 10.0. The number of carbonyl (C=O) groups is 3. The molecule has 1 aliphatic carbocycles. The van der Waals surface area contributed by atoms with E-state index in [0.717, 1.165) is 38.5 Å². The Bertz CT molecular complexity index is 737. The molecular weight excluding hydrogens is 364 g/mol. The van der Waals surface area contributed by atoms with Crippen LogP contribution in [0.25, 0.3) is 0 Å². The highest BCUT2D eigenvalue weighted by atomic mass is 16.2. The van der Waals surface area contributed by atoms with E-state index in [0.29, 0.717) is 23.7 Å². The van der Waals surface area contributed by atoms with E-state index < -0.39 is 17.9 Å². The molecule has 0 radical (unpaired) electrons. The first kappa shape index (κ1) is 21.5. The van der Waals surface area contributed by atoms with Gasteiger partial charge >= 0.3 is 6.03 Å². The van der Waals surface area contributed by atoms with Gasteiger partial charge in [-0.05, 0) is 49.7 Å². The van der Waals surface area contributed by atoms with Crippen molar-refractivity contribution < 1.29 is 14.4 Å². The second-order valence-electron chi connectivity index (χ2n) is 8.51. The van der Waals surface area contributed by atoms with E-state index in [4.69, 9.17) is 0 Å². The van der Waals surface area contributed by atoms with Crippen molar-refractivity contribution in [1.82, 2.24) is 5.32 Å². The largest absolute Gasteiger partial charge is 0.337 e. The van der Waals surface area contributed by atoms with E-state index in [1.165, 1.54) is 24.2 Å². The maximum atomic E-state index is 13.3. The molecule has 2 aliphatic rings. The van der Waals surface area contributed by atoms with Gasteiger partial charge in [-0.1, -0.05) is 57.7 Å². The maximum absolute atomic E-state index is 13.3. The molecule has 3 amide bonds. The summed E-state index contributed by atoms with van der Waals surface area (Å²) in [6.07, 6.45) is 9.40. The zero-order valence-corrected chi connectivity index (χ0v) is 17.8. The van der Waals surface area contributed by atoms with Gasteiger partial charge in [0.15, 0.2) is 5.78 Å². The van der Waals surface area contributed by atoms with Crippen LogP contribution in [-0.4, -0.2) is 24.3 Å². The number of Topliss-reactive ketones (excluding diaryl/α,β-unsaturated/α-hetero) is 1. The Labute approximate surface area is 174 Å². The molecule has 5 heteroatoms. The number of urea groups is 1. The number of ketones is 1. The number of rotatable bonds is 8. The van der Waals surface area contributed by atoms with Gasteiger partial charge in [-0.2, -0.15) is 0 Å². The van der Waals surface area contributed by atoms with Gasteiger partial charge in [-0.15, -0.1) is 0 Å². The predicted molar refractivity (Wildman–Crippen MR) is 115 cm³/mol. The molecule has 29 heavy (non-hydrogen) atoms. The molecule has 0 bridgehead atoms. The summed E-state index contributed by atoms with van der Waals surface area (Å²) in [5.74, 6) is -0.580. The first-order valence-electron chi connectivity index (χ1n) is 11.3. The molecule has 1 N–H and O–H groups in total. The predicted octanol–water partition coefficient (Wildman–Crippen LogP) is 5.19. The average molecular weight is 399 g/mol. The fourth-order valence-electron chi connectivity index (χ4n) is 4.72. The summed E-state index contributed by atoms with van der Waals surface area (Å²) in [5.41, 5.74) is 1.24. The second-order valence-corrected chi connectivity index (χ2v) is 8.51. The number of nitrogens with zero attached hydrogens (tertiary/aromatic N) is 1. The molecule has 1 aliphatic heterocycles. The third-order valence-electron chi connectivity index (χ3n) is 6.47. The van der Waals surface area contributed by atoms with Gasteiger partial charge in [0.05, 0.1) is 5.69 Å². The van der Waals surface area contributed by atoms with E-state index in [1.54, 1.807) is 6.07 Å². The van der Waals surface area contributed by atoms with Gasteiger partial charge < -0.3 is 5.32 Å². The summed E-state index contributed by atoms with van der Waals surface area (Å²) in [6.45, 7) is 4.79. The molecule has 1 unspecified atom stereocenters. The van der Waals surface area contributed by atoms with Crippen molar-refractivity contribution in [2.24, 2.45) is 11.8 Å². The Morgan fingerprint density at radius 3 is 2.41 bits per heavy atom. The molecule has 5 nitrogen and oxygen atoms in total. The number of nitrogens with one attached hydrogen (secondary N) is 1. The molecular formula is C24H34N2O3. The first-order chi connectivity index (χ1) is 14.1. The topological polar surface area (TPSA) is 66.5 Å². The van der Waals surface area contributed by atoms with Crippen LogP contribution in [0.3, 0.4) is 0 Å². The zero-order chi connectivity index (χ0) is 20.8. The van der Waals surface area contributed by atoms with Gasteiger partial charge in [0.2, 0.25) is 5.91 Å². The Kier molecular flexibility index (Phi) is 7.45. The molecule has 158 valence electrons. The van der Waals surface area contributed by atoms with E-state index in [1.807, 2.05) is 25.1 Å². The van der Waals surface area contributed by atoms with Crippen LogP contribution >= 0.6 is 0 Å². The van der Waals surface area contributed by atoms with Crippen LogP contribution in [0.4, 0.5) is 10.5 Å². The van der Waals surface area contributed by atoms with E-state index in [2.05, 4.69) is 12.2 Å². The molecule has 1 atom stereocenters. The number of hydrogen-bond acceptors (Lipinski definition) is 3. The lowest BCUT2D eigenvalue weighted by molar-refractivity contribution is -0.131. The summed E-state index contributed by atoms with van der Waals surface area (Å²) in [6, 6.07) is 6.81. The summed E-state index contributed by atoms with van der Waals surface area (Å²) in [4.78, 5) is 40.4. The van der Waals surface area contributed by atoms with Gasteiger partial charge in [0.1, 0.15) is 5.92 Å². The van der Waals surface area contributed by atoms with Gasteiger partial charge in [-0.3, -0.25) is 9.59 Å². The van der Waals surface area contributed by atoms with Crippen molar-refractivity contribution in [2.75, 3.05) is 11.4 Å². The van der Waals surface area contributed by atoms with Gasteiger partial charge in [-0.25, -0.2) is 9.69 Å². The lowest BCUT2D eigenvalue weighted by Gasteiger charge is -2.29. The van der Waals surface area contributed by atoms with Crippen molar-refractivity contribution in [3.8, 4) is 0 Å². The van der Waals surface area contributed by atoms with Gasteiger partial charge in [0.25, 0.3) is 0 Å². The van der Waals surface area contributed by atoms with Crippen LogP contribution in [0.1, 0.15) is 83.1 Å². The Morgan fingerprint density at radius 1 is 1.03 bits per heavy atom. The van der Waals surface area contributed by atoms with Crippen LogP contribution in [0, 0.1) is 11.8 Å². The molecule has 3 rings (SSSR count). The van der Waals surface area contributed by atoms with Crippen LogP contribution in [0.2, 0.25) is 0 Å². The highest BCUT2D eigenvalue weighted by Gasteiger charge is 2.46. The van der Waals surface area contributed by atoms with Crippen molar-refractivity contribution in [2.45, 2.75) is 77.6 Å². The van der Waals surface area contributed by atoms with Gasteiger partial charge in [0, 0.05) is 12.5 Å². The minimum atomic E-state index is -0.833. The number of carbonyl (C=O) groups excluding carboxylic acids is 3. The van der Waals surface area contributed by atoms with Crippen LogP contribution in [-0.2, 0) is 9.59 Å². The Balaban J connectivity index is 1.72. The fraction of sp³-hybridized carbons (Fsp3) is 0.625. The van der Waals surface area contributed by atoms with Crippen molar-refractivity contribution >= 4 is 23.4 Å². The average Bonchev–Trinajstić information content (AvgIpc) is 3.04. The lowest BCUT2D eigenvalue weighted by atomic mass is 9.75. The molecule has 1 fully saturated rings. The molecule has 0 spiro atoms. The SMILES string of the molecule is CCCCNC(=O)N1C(=O)C(C(=O)C2CCC(CCCC)CC2)c2ccccc21. The lowest BCUT2D eigenvalue weighted by Crippen LogP contribution is -2.44. The highest BCUT2D eigenvalue weighted by Crippen LogP contribution is 2.42. The van der Waals surface area contributed by atoms with Crippen LogP contribution in [0.15, 0.2) is 24.3 Å². The Hall–Kier alpha value is -2.17. The Morgan fingerprint density at radius 2 is 1.72 bits per heavy atom. The number of hydrogen-bond donors (Lipinski definition) is 1. The fourth-order valence-corrected chi connectivity index (χ4v) is 4.72. The maximum Gasteiger partial charge on any atom is 0.328 e. The van der Waals surface area contributed by atoms with E-state index in [9.17, 15) is 14.4 Å².